The predicted molar refractivity (Wildman–Crippen MR) is 98.9 cm³/mol. The zero-order valence-corrected chi connectivity index (χ0v) is 16.0. The van der Waals surface area contributed by atoms with E-state index in [0.717, 1.165) is 0 Å². The van der Waals surface area contributed by atoms with Gasteiger partial charge in [0.25, 0.3) is 5.91 Å². The van der Waals surface area contributed by atoms with Crippen molar-refractivity contribution in [1.82, 2.24) is 5.32 Å². The zero-order chi connectivity index (χ0) is 19.6. The number of hydrogen-bond donors (Lipinski definition) is 2. The fourth-order valence-corrected chi connectivity index (χ4v) is 4.74. The Labute approximate surface area is 154 Å². The molecule has 0 heterocycles. The van der Waals surface area contributed by atoms with Crippen LogP contribution >= 0.6 is 0 Å². The number of sulfone groups is 1. The monoisotopic (exact) mass is 385 g/mol. The van der Waals surface area contributed by atoms with Gasteiger partial charge in [-0.15, -0.1) is 0 Å². The first-order chi connectivity index (χ1) is 12.3. The minimum absolute atomic E-state index is 0.388. The molecule has 0 aliphatic rings. The van der Waals surface area contributed by atoms with Gasteiger partial charge in [0, 0.05) is 0 Å². The van der Waals surface area contributed by atoms with Gasteiger partial charge in [-0.1, -0.05) is 44.9 Å². The van der Waals surface area contributed by atoms with Crippen LogP contribution in [-0.2, 0) is 19.4 Å². The molecule has 26 heavy (non-hydrogen) atoms. The van der Waals surface area contributed by atoms with Crippen LogP contribution in [-0.4, -0.2) is 49.1 Å². The minimum atomic E-state index is -3.64. The number of amides is 1. The largest absolute Gasteiger partial charge is 0.484 e. The predicted octanol–water partition coefficient (Wildman–Crippen LogP) is 2.02. The van der Waals surface area contributed by atoms with Crippen LogP contribution in [0.25, 0.3) is 0 Å². The van der Waals surface area contributed by atoms with Gasteiger partial charge < -0.3 is 15.2 Å². The second kappa shape index (κ2) is 10.8. The van der Waals surface area contributed by atoms with E-state index < -0.39 is 38.8 Å². The van der Waals surface area contributed by atoms with E-state index in [1.807, 2.05) is 13.8 Å². The van der Waals surface area contributed by atoms with E-state index >= 15 is 0 Å². The summed E-state index contributed by atoms with van der Waals surface area (Å²) in [5.41, 5.74) is 0. The normalized spacial score (nSPS) is 12.6. The molecule has 0 aliphatic carbocycles. The minimum Gasteiger partial charge on any atom is -0.484 e. The molecule has 1 atom stereocenters. The van der Waals surface area contributed by atoms with E-state index in [-0.39, 0.29) is 6.61 Å². The average Bonchev–Trinajstić information content (AvgIpc) is 2.60. The van der Waals surface area contributed by atoms with Crippen molar-refractivity contribution >= 4 is 21.7 Å². The third kappa shape index (κ3) is 7.43. The van der Waals surface area contributed by atoms with Gasteiger partial charge in [-0.05, 0) is 25.0 Å². The Balaban J connectivity index is 2.69. The van der Waals surface area contributed by atoms with E-state index in [0.29, 0.717) is 31.4 Å². The van der Waals surface area contributed by atoms with Crippen LogP contribution in [0.1, 0.15) is 39.5 Å². The molecule has 0 fully saturated rings. The molecule has 1 aromatic carbocycles. The first-order valence-corrected chi connectivity index (χ1v) is 10.4. The Hall–Kier alpha value is -2.09. The van der Waals surface area contributed by atoms with E-state index in [4.69, 9.17) is 4.74 Å². The molecule has 2 N–H and O–H groups in total. The molecule has 1 amide bonds. The Morgan fingerprint density at radius 2 is 1.69 bits per heavy atom. The van der Waals surface area contributed by atoms with Crippen molar-refractivity contribution in [1.29, 1.82) is 0 Å². The van der Waals surface area contributed by atoms with Gasteiger partial charge in [-0.25, -0.2) is 13.2 Å². The molecule has 1 aromatic rings. The number of rotatable bonds is 12. The van der Waals surface area contributed by atoms with Gasteiger partial charge in [0.1, 0.15) is 11.8 Å². The maximum Gasteiger partial charge on any atom is 0.327 e. The Morgan fingerprint density at radius 1 is 1.12 bits per heavy atom. The molecule has 0 saturated heterocycles. The molecule has 0 saturated carbocycles. The maximum absolute atomic E-state index is 12.5. The molecule has 7 nitrogen and oxygen atoms in total. The fourth-order valence-electron chi connectivity index (χ4n) is 2.59. The van der Waals surface area contributed by atoms with Crippen molar-refractivity contribution in [3.8, 4) is 5.75 Å². The number of ether oxygens (including phenoxy) is 1. The zero-order valence-electron chi connectivity index (χ0n) is 15.2. The highest BCUT2D eigenvalue weighted by Gasteiger charge is 2.32. The summed E-state index contributed by atoms with van der Waals surface area (Å²) in [6.07, 6.45) is 2.35. The third-order valence-electron chi connectivity index (χ3n) is 3.87. The lowest BCUT2D eigenvalue weighted by atomic mass is 10.2. The average molecular weight is 385 g/mol. The molecule has 0 radical (unpaired) electrons. The number of carbonyl (C=O) groups excluding carboxylic acids is 1. The van der Waals surface area contributed by atoms with Crippen LogP contribution in [0.5, 0.6) is 5.75 Å². The van der Waals surface area contributed by atoms with Gasteiger partial charge >= 0.3 is 5.97 Å². The Kier molecular flexibility index (Phi) is 9.12. The van der Waals surface area contributed by atoms with Gasteiger partial charge in [0.15, 0.2) is 16.4 Å². The van der Waals surface area contributed by atoms with E-state index in [2.05, 4.69) is 5.32 Å². The molecule has 0 aromatic heterocycles. The lowest BCUT2D eigenvalue weighted by Crippen LogP contribution is -2.48. The summed E-state index contributed by atoms with van der Waals surface area (Å²) in [4.78, 5) is 23.3. The molecule has 8 heteroatoms. The summed E-state index contributed by atoms with van der Waals surface area (Å²) in [5, 5.41) is 10.9. The van der Waals surface area contributed by atoms with Crippen molar-refractivity contribution in [3.63, 3.8) is 0 Å². The lowest BCUT2D eigenvalue weighted by molar-refractivity contribution is -0.141. The van der Waals surface area contributed by atoms with Crippen LogP contribution in [0.15, 0.2) is 30.3 Å². The van der Waals surface area contributed by atoms with Gasteiger partial charge in [0.05, 0.1) is 11.0 Å². The molecule has 0 spiro atoms. The SMILES string of the molecule is CCCC(CCC)S(=O)(=O)C[C@H](NC(=O)COc1ccccc1)C(=O)O. The van der Waals surface area contributed by atoms with E-state index in [1.165, 1.54) is 0 Å². The van der Waals surface area contributed by atoms with Crippen molar-refractivity contribution < 1.29 is 27.9 Å². The smallest absolute Gasteiger partial charge is 0.327 e. The maximum atomic E-state index is 12.5. The van der Waals surface area contributed by atoms with Gasteiger partial charge in [-0.2, -0.15) is 0 Å². The number of carboxylic acid groups (broad SMARTS) is 1. The van der Waals surface area contributed by atoms with Crippen LogP contribution in [0.3, 0.4) is 0 Å². The number of nitrogens with one attached hydrogen (secondary N) is 1. The summed E-state index contributed by atoms with van der Waals surface area (Å²) >= 11 is 0. The highest BCUT2D eigenvalue weighted by molar-refractivity contribution is 7.92. The molecular formula is C18H27NO6S. The van der Waals surface area contributed by atoms with Gasteiger partial charge in [0.2, 0.25) is 0 Å². The van der Waals surface area contributed by atoms with Crippen molar-refractivity contribution in [3.05, 3.63) is 30.3 Å². The first-order valence-electron chi connectivity index (χ1n) is 8.71. The summed E-state index contributed by atoms with van der Waals surface area (Å²) in [6.45, 7) is 3.38. The molecule has 0 aliphatic heterocycles. The number of hydrogen-bond acceptors (Lipinski definition) is 5. The molecule has 1 rings (SSSR count). The molecule has 0 unspecified atom stereocenters. The van der Waals surface area contributed by atoms with Crippen LogP contribution in [0.2, 0.25) is 0 Å². The fraction of sp³-hybridized carbons (Fsp3) is 0.556. The second-order valence-electron chi connectivity index (χ2n) is 6.09. The number of aliphatic carboxylic acids is 1. The number of carboxylic acids is 1. The number of benzene rings is 1. The second-order valence-corrected chi connectivity index (χ2v) is 8.41. The number of para-hydroxylation sites is 1. The van der Waals surface area contributed by atoms with Gasteiger partial charge in [-0.3, -0.25) is 4.79 Å². The lowest BCUT2D eigenvalue weighted by Gasteiger charge is -2.20. The van der Waals surface area contributed by atoms with Crippen molar-refractivity contribution in [2.24, 2.45) is 0 Å². The summed E-state index contributed by atoms with van der Waals surface area (Å²) in [7, 11) is -3.64. The standard InChI is InChI=1S/C18H27NO6S/c1-3-8-15(9-4-2)26(23,24)13-16(18(21)22)19-17(20)12-25-14-10-6-5-7-11-14/h5-7,10-11,15-16H,3-4,8-9,12-13H2,1-2H3,(H,19,20)(H,21,22)/t16-/m0/s1. The van der Waals surface area contributed by atoms with Crippen LogP contribution in [0, 0.1) is 0 Å². The molecule has 0 bridgehead atoms. The van der Waals surface area contributed by atoms with E-state index in [9.17, 15) is 23.1 Å². The van der Waals surface area contributed by atoms with Crippen molar-refractivity contribution in [2.45, 2.75) is 50.8 Å². The van der Waals surface area contributed by atoms with E-state index in [1.54, 1.807) is 30.3 Å². The third-order valence-corrected chi connectivity index (χ3v) is 6.16. The quantitative estimate of drug-likeness (QED) is 0.570. The topological polar surface area (TPSA) is 110 Å². The molecule has 146 valence electrons. The number of carbonyl (C=O) groups is 2. The van der Waals surface area contributed by atoms with Crippen LogP contribution in [0.4, 0.5) is 0 Å². The first kappa shape index (κ1) is 22.0. The Morgan fingerprint density at radius 3 is 2.19 bits per heavy atom. The highest BCUT2D eigenvalue weighted by Crippen LogP contribution is 2.17. The van der Waals surface area contributed by atoms with Crippen molar-refractivity contribution in [2.75, 3.05) is 12.4 Å². The Bertz CT molecular complexity index is 668. The summed E-state index contributed by atoms with van der Waals surface area (Å²) < 4.78 is 30.3. The van der Waals surface area contributed by atoms with Crippen LogP contribution < -0.4 is 10.1 Å². The highest BCUT2D eigenvalue weighted by atomic mass is 32.2. The molecular weight excluding hydrogens is 358 g/mol. The summed E-state index contributed by atoms with van der Waals surface area (Å²) in [6, 6.07) is 7.09. The summed E-state index contributed by atoms with van der Waals surface area (Å²) in [5.74, 6) is -2.22.